The van der Waals surface area contributed by atoms with E-state index in [-0.39, 0.29) is 14.9 Å². The Kier molecular flexibility index (Phi) is 12.0. The van der Waals surface area contributed by atoms with Gasteiger partial charge in [0.1, 0.15) is 23.0 Å². The molecular weight excluding hydrogens is 328 g/mol. The first-order valence-electron chi connectivity index (χ1n) is 7.76. The third-order valence-electron chi connectivity index (χ3n) is 3.79. The fraction of sp³-hybridized carbons (Fsp3) is 0.455. The van der Waals surface area contributed by atoms with Crippen LogP contribution in [0.25, 0.3) is 0 Å². The maximum atomic E-state index is 5.22. The standard InChI is InChI=1S/2C10H14O2.2CH4/c1-7-5-10(12-4)8(2)6-9(7)11-3;1-7-5-9(11-3)6-8(2)10(7)12-4;;/h2*5-6H,1-4H3;2*1H4. The average Bonchev–Trinajstić information content (AvgIpc) is 2.56. The van der Waals surface area contributed by atoms with E-state index in [1.165, 1.54) is 0 Å². The van der Waals surface area contributed by atoms with Crippen LogP contribution in [-0.4, -0.2) is 28.4 Å². The van der Waals surface area contributed by atoms with Crippen LogP contribution in [0.3, 0.4) is 0 Å². The SMILES string of the molecule is C.C.COc1cc(C)c(OC)c(C)c1.COc1cc(C)c(OC)cc1C. The van der Waals surface area contributed by atoms with Crippen molar-refractivity contribution in [2.75, 3.05) is 28.4 Å². The van der Waals surface area contributed by atoms with Crippen LogP contribution >= 0.6 is 0 Å². The minimum atomic E-state index is 0. The van der Waals surface area contributed by atoms with Gasteiger partial charge in [-0.15, -0.1) is 0 Å². The molecule has 0 atom stereocenters. The molecule has 4 nitrogen and oxygen atoms in total. The molecule has 0 aliphatic rings. The summed E-state index contributed by atoms with van der Waals surface area (Å²) in [5.41, 5.74) is 4.41. The second-order valence-electron chi connectivity index (χ2n) is 5.59. The topological polar surface area (TPSA) is 36.9 Å². The molecule has 0 unspecified atom stereocenters. The third-order valence-corrected chi connectivity index (χ3v) is 3.79. The first-order valence-corrected chi connectivity index (χ1v) is 7.76. The lowest BCUT2D eigenvalue weighted by molar-refractivity contribution is 0.398. The van der Waals surface area contributed by atoms with Crippen LogP contribution in [0.5, 0.6) is 23.0 Å². The number of benzene rings is 2. The monoisotopic (exact) mass is 364 g/mol. The quantitative estimate of drug-likeness (QED) is 0.675. The molecule has 2 aromatic carbocycles. The van der Waals surface area contributed by atoms with Crippen LogP contribution in [-0.2, 0) is 0 Å². The number of hydrogen-bond acceptors (Lipinski definition) is 4. The molecular formula is C22H36O4. The van der Waals surface area contributed by atoms with E-state index >= 15 is 0 Å². The molecule has 0 aliphatic heterocycles. The summed E-state index contributed by atoms with van der Waals surface area (Å²) in [6, 6.07) is 7.89. The zero-order chi connectivity index (χ0) is 18.3. The Balaban J connectivity index is 0. The van der Waals surface area contributed by atoms with Crippen LogP contribution in [0.2, 0.25) is 0 Å². The lowest BCUT2D eigenvalue weighted by Gasteiger charge is -2.10. The number of aryl methyl sites for hydroxylation is 4. The van der Waals surface area contributed by atoms with Crippen molar-refractivity contribution in [2.45, 2.75) is 42.5 Å². The Hall–Kier alpha value is -2.36. The lowest BCUT2D eigenvalue weighted by atomic mass is 10.1. The number of methoxy groups -OCH3 is 4. The van der Waals surface area contributed by atoms with Gasteiger partial charge < -0.3 is 18.9 Å². The molecule has 0 bridgehead atoms. The van der Waals surface area contributed by atoms with Gasteiger partial charge in [0.15, 0.2) is 0 Å². The largest absolute Gasteiger partial charge is 0.497 e. The molecule has 0 spiro atoms. The van der Waals surface area contributed by atoms with Crippen LogP contribution in [0, 0.1) is 27.7 Å². The highest BCUT2D eigenvalue weighted by atomic mass is 16.5. The molecule has 0 saturated carbocycles. The normalized spacial score (nSPS) is 8.92. The smallest absolute Gasteiger partial charge is 0.124 e. The fourth-order valence-corrected chi connectivity index (χ4v) is 2.55. The fourth-order valence-electron chi connectivity index (χ4n) is 2.55. The molecule has 0 N–H and O–H groups in total. The molecule has 2 aromatic rings. The van der Waals surface area contributed by atoms with Crippen molar-refractivity contribution in [3.05, 3.63) is 46.5 Å². The Morgan fingerprint density at radius 3 is 1.15 bits per heavy atom. The number of rotatable bonds is 4. The molecule has 0 heterocycles. The van der Waals surface area contributed by atoms with Gasteiger partial charge in [-0.1, -0.05) is 14.9 Å². The van der Waals surface area contributed by atoms with E-state index < -0.39 is 0 Å². The molecule has 26 heavy (non-hydrogen) atoms. The van der Waals surface area contributed by atoms with Gasteiger partial charge in [-0.2, -0.15) is 0 Å². The Labute approximate surface area is 160 Å². The van der Waals surface area contributed by atoms with Gasteiger partial charge in [-0.3, -0.25) is 0 Å². The Morgan fingerprint density at radius 2 is 0.885 bits per heavy atom. The van der Waals surface area contributed by atoms with Gasteiger partial charge in [-0.05, 0) is 74.2 Å². The number of hydrogen-bond donors (Lipinski definition) is 0. The van der Waals surface area contributed by atoms with Crippen molar-refractivity contribution < 1.29 is 18.9 Å². The molecule has 4 heteroatoms. The minimum Gasteiger partial charge on any atom is -0.497 e. The van der Waals surface area contributed by atoms with Crippen LogP contribution < -0.4 is 18.9 Å². The Morgan fingerprint density at radius 1 is 0.500 bits per heavy atom. The molecule has 0 aliphatic carbocycles. The van der Waals surface area contributed by atoms with Gasteiger partial charge in [0.05, 0.1) is 28.4 Å². The van der Waals surface area contributed by atoms with E-state index in [9.17, 15) is 0 Å². The van der Waals surface area contributed by atoms with Crippen molar-refractivity contribution in [3.8, 4) is 23.0 Å². The lowest BCUT2D eigenvalue weighted by Crippen LogP contribution is -1.92. The summed E-state index contributed by atoms with van der Waals surface area (Å²) >= 11 is 0. The summed E-state index contributed by atoms with van der Waals surface area (Å²) in [7, 11) is 6.70. The summed E-state index contributed by atoms with van der Waals surface area (Å²) in [6.45, 7) is 8.02. The summed E-state index contributed by atoms with van der Waals surface area (Å²) < 4.78 is 20.7. The highest BCUT2D eigenvalue weighted by Crippen LogP contribution is 2.28. The summed E-state index contributed by atoms with van der Waals surface area (Å²) in [6.07, 6.45) is 0. The second-order valence-corrected chi connectivity index (χ2v) is 5.59. The predicted octanol–water partition coefficient (Wildman–Crippen LogP) is 5.91. The van der Waals surface area contributed by atoms with Gasteiger partial charge in [0.2, 0.25) is 0 Å². The van der Waals surface area contributed by atoms with Crippen LogP contribution in [0.1, 0.15) is 37.1 Å². The van der Waals surface area contributed by atoms with Crippen LogP contribution in [0.15, 0.2) is 24.3 Å². The minimum absolute atomic E-state index is 0. The zero-order valence-electron chi connectivity index (χ0n) is 15.9. The van der Waals surface area contributed by atoms with Crippen molar-refractivity contribution >= 4 is 0 Å². The summed E-state index contributed by atoms with van der Waals surface area (Å²) in [5.74, 6) is 3.64. The number of ether oxygens (including phenoxy) is 4. The molecule has 2 rings (SSSR count). The highest BCUT2D eigenvalue weighted by molar-refractivity contribution is 5.46. The highest BCUT2D eigenvalue weighted by Gasteiger charge is 2.04. The maximum absolute atomic E-state index is 5.22. The van der Waals surface area contributed by atoms with Gasteiger partial charge in [0, 0.05) is 0 Å². The van der Waals surface area contributed by atoms with E-state index in [1.54, 1.807) is 28.4 Å². The molecule has 0 amide bonds. The summed E-state index contributed by atoms with van der Waals surface area (Å²) in [5, 5.41) is 0. The molecule has 148 valence electrons. The van der Waals surface area contributed by atoms with Crippen LogP contribution in [0.4, 0.5) is 0 Å². The molecule has 0 radical (unpaired) electrons. The van der Waals surface area contributed by atoms with E-state index in [0.717, 1.165) is 45.3 Å². The van der Waals surface area contributed by atoms with E-state index in [0.29, 0.717) is 0 Å². The molecule has 0 aromatic heterocycles. The van der Waals surface area contributed by atoms with Gasteiger partial charge in [-0.25, -0.2) is 0 Å². The Bertz CT molecular complexity index is 625. The molecule has 0 fully saturated rings. The first kappa shape index (κ1) is 25.9. The predicted molar refractivity (Wildman–Crippen MR) is 112 cm³/mol. The van der Waals surface area contributed by atoms with Crippen molar-refractivity contribution in [1.82, 2.24) is 0 Å². The van der Waals surface area contributed by atoms with E-state index in [4.69, 9.17) is 18.9 Å². The van der Waals surface area contributed by atoms with Crippen molar-refractivity contribution in [3.63, 3.8) is 0 Å². The van der Waals surface area contributed by atoms with E-state index in [2.05, 4.69) is 0 Å². The zero-order valence-corrected chi connectivity index (χ0v) is 15.9. The van der Waals surface area contributed by atoms with Crippen molar-refractivity contribution in [1.29, 1.82) is 0 Å². The summed E-state index contributed by atoms with van der Waals surface area (Å²) in [4.78, 5) is 0. The third kappa shape index (κ3) is 6.51. The van der Waals surface area contributed by atoms with E-state index in [1.807, 2.05) is 52.0 Å². The molecule has 0 saturated heterocycles. The second kappa shape index (κ2) is 12.1. The van der Waals surface area contributed by atoms with Gasteiger partial charge in [0.25, 0.3) is 0 Å². The first-order chi connectivity index (χ1) is 11.4. The van der Waals surface area contributed by atoms with Crippen molar-refractivity contribution in [2.24, 2.45) is 0 Å². The van der Waals surface area contributed by atoms with Gasteiger partial charge >= 0.3 is 0 Å². The maximum Gasteiger partial charge on any atom is 0.124 e. The average molecular weight is 365 g/mol.